The monoisotopic (exact) mass is 255 g/mol. The third kappa shape index (κ3) is 4.54. The van der Waals surface area contributed by atoms with Gasteiger partial charge in [0.1, 0.15) is 11.4 Å². The van der Waals surface area contributed by atoms with Gasteiger partial charge in [-0.3, -0.25) is 5.32 Å². The fourth-order valence-electron chi connectivity index (χ4n) is 1.12. The van der Waals surface area contributed by atoms with E-state index in [0.717, 1.165) is 0 Å². The summed E-state index contributed by atoms with van der Waals surface area (Å²) in [6, 6.07) is 1.50. The number of carbonyl (C=O) groups excluding carboxylic acids is 1. The second kappa shape index (κ2) is 5.63. The van der Waals surface area contributed by atoms with Crippen molar-refractivity contribution < 1.29 is 19.4 Å². The standard InChI is InChI=1S/C11H17N3O4/c1-11(2,3)18-10(16)14-8-5-7(6-15)12-9(13-8)17-4/h5,15H,6H2,1-4H3,(H,12,13,14,16). The van der Waals surface area contributed by atoms with Crippen LogP contribution in [0.1, 0.15) is 26.5 Å². The third-order valence-corrected chi connectivity index (χ3v) is 1.73. The quantitative estimate of drug-likeness (QED) is 0.846. The van der Waals surface area contributed by atoms with Gasteiger partial charge < -0.3 is 14.6 Å². The summed E-state index contributed by atoms with van der Waals surface area (Å²) in [5, 5.41) is 11.5. The second-order valence-corrected chi connectivity index (χ2v) is 4.52. The number of carbonyl (C=O) groups is 1. The van der Waals surface area contributed by atoms with Crippen LogP contribution in [0, 0.1) is 0 Å². The fraction of sp³-hybridized carbons (Fsp3) is 0.545. The Balaban J connectivity index is 2.80. The van der Waals surface area contributed by atoms with E-state index in [1.54, 1.807) is 20.8 Å². The lowest BCUT2D eigenvalue weighted by molar-refractivity contribution is 0.0635. The van der Waals surface area contributed by atoms with Crippen LogP contribution < -0.4 is 10.1 Å². The normalized spacial score (nSPS) is 10.9. The summed E-state index contributed by atoms with van der Waals surface area (Å²) in [7, 11) is 1.40. The molecule has 0 unspecified atom stereocenters. The number of nitrogens with zero attached hydrogens (tertiary/aromatic N) is 2. The Morgan fingerprint density at radius 1 is 1.44 bits per heavy atom. The maximum Gasteiger partial charge on any atom is 0.413 e. The lowest BCUT2D eigenvalue weighted by Crippen LogP contribution is -2.27. The number of aromatic nitrogens is 2. The lowest BCUT2D eigenvalue weighted by Gasteiger charge is -2.19. The van der Waals surface area contributed by atoms with Gasteiger partial charge in [0.15, 0.2) is 0 Å². The molecular weight excluding hydrogens is 238 g/mol. The number of aliphatic hydroxyl groups is 1. The molecule has 1 amide bonds. The number of rotatable bonds is 3. The van der Waals surface area contributed by atoms with Gasteiger partial charge in [0.05, 0.1) is 19.4 Å². The first-order valence-electron chi connectivity index (χ1n) is 5.37. The van der Waals surface area contributed by atoms with Crippen LogP contribution in [0.4, 0.5) is 10.6 Å². The van der Waals surface area contributed by atoms with Crippen LogP contribution in [0.3, 0.4) is 0 Å². The molecular formula is C11H17N3O4. The first-order chi connectivity index (χ1) is 8.34. The van der Waals surface area contributed by atoms with E-state index >= 15 is 0 Å². The van der Waals surface area contributed by atoms with Crippen LogP contribution in [0.5, 0.6) is 6.01 Å². The van der Waals surface area contributed by atoms with Crippen molar-refractivity contribution in [1.29, 1.82) is 0 Å². The maximum atomic E-state index is 11.5. The lowest BCUT2D eigenvalue weighted by atomic mass is 10.2. The van der Waals surface area contributed by atoms with Gasteiger partial charge in [-0.25, -0.2) is 4.79 Å². The van der Waals surface area contributed by atoms with E-state index in [1.807, 2.05) is 0 Å². The van der Waals surface area contributed by atoms with Crippen molar-refractivity contribution in [3.05, 3.63) is 11.8 Å². The van der Waals surface area contributed by atoms with Crippen molar-refractivity contribution in [2.24, 2.45) is 0 Å². The SMILES string of the molecule is COc1nc(CO)cc(NC(=O)OC(C)(C)C)n1. The van der Waals surface area contributed by atoms with E-state index < -0.39 is 11.7 Å². The highest BCUT2D eigenvalue weighted by Gasteiger charge is 2.17. The minimum atomic E-state index is -0.632. The Morgan fingerprint density at radius 2 is 2.11 bits per heavy atom. The van der Waals surface area contributed by atoms with E-state index in [2.05, 4.69) is 15.3 Å². The average Bonchev–Trinajstić information content (AvgIpc) is 2.25. The van der Waals surface area contributed by atoms with Crippen molar-refractivity contribution in [3.63, 3.8) is 0 Å². The molecule has 0 fully saturated rings. The van der Waals surface area contributed by atoms with E-state index in [1.165, 1.54) is 13.2 Å². The molecule has 0 bridgehead atoms. The highest BCUT2D eigenvalue weighted by Crippen LogP contribution is 2.14. The molecule has 0 spiro atoms. The molecule has 0 aliphatic carbocycles. The Hall–Kier alpha value is -1.89. The molecule has 0 saturated heterocycles. The molecule has 0 aliphatic rings. The van der Waals surface area contributed by atoms with Crippen LogP contribution in [0.15, 0.2) is 6.07 Å². The number of methoxy groups -OCH3 is 1. The zero-order valence-corrected chi connectivity index (χ0v) is 10.9. The third-order valence-electron chi connectivity index (χ3n) is 1.73. The van der Waals surface area contributed by atoms with Gasteiger partial charge in [-0.1, -0.05) is 0 Å². The average molecular weight is 255 g/mol. The van der Waals surface area contributed by atoms with Crippen molar-refractivity contribution in [3.8, 4) is 6.01 Å². The Morgan fingerprint density at radius 3 is 2.61 bits per heavy atom. The number of aliphatic hydroxyl groups excluding tert-OH is 1. The van der Waals surface area contributed by atoms with Crippen LogP contribution in [-0.4, -0.2) is 33.9 Å². The Kier molecular flexibility index (Phi) is 4.43. The molecule has 1 heterocycles. The number of anilines is 1. The highest BCUT2D eigenvalue weighted by atomic mass is 16.6. The van der Waals surface area contributed by atoms with Crippen LogP contribution in [0.25, 0.3) is 0 Å². The molecule has 2 N–H and O–H groups in total. The molecule has 0 atom stereocenters. The van der Waals surface area contributed by atoms with E-state index in [0.29, 0.717) is 5.69 Å². The molecule has 1 aromatic heterocycles. The number of ether oxygens (including phenoxy) is 2. The second-order valence-electron chi connectivity index (χ2n) is 4.52. The molecule has 18 heavy (non-hydrogen) atoms. The first kappa shape index (κ1) is 14.2. The number of hydrogen-bond donors (Lipinski definition) is 2. The first-order valence-corrected chi connectivity index (χ1v) is 5.37. The zero-order chi connectivity index (χ0) is 13.8. The van der Waals surface area contributed by atoms with Crippen LogP contribution >= 0.6 is 0 Å². The number of hydrogen-bond acceptors (Lipinski definition) is 6. The highest BCUT2D eigenvalue weighted by molar-refractivity contribution is 5.83. The van der Waals surface area contributed by atoms with Gasteiger partial charge in [-0.15, -0.1) is 0 Å². The zero-order valence-electron chi connectivity index (χ0n) is 10.9. The van der Waals surface area contributed by atoms with Crippen molar-refractivity contribution in [2.75, 3.05) is 12.4 Å². The summed E-state index contributed by atoms with van der Waals surface area (Å²) in [5.74, 6) is 0.208. The number of amides is 1. The maximum absolute atomic E-state index is 11.5. The van der Waals surface area contributed by atoms with Crippen LogP contribution in [0.2, 0.25) is 0 Å². The summed E-state index contributed by atoms with van der Waals surface area (Å²) in [5.41, 5.74) is -0.256. The molecule has 7 nitrogen and oxygen atoms in total. The van der Waals surface area contributed by atoms with E-state index in [4.69, 9.17) is 14.6 Å². The smallest absolute Gasteiger partial charge is 0.413 e. The molecule has 0 radical (unpaired) electrons. The molecule has 0 aliphatic heterocycles. The van der Waals surface area contributed by atoms with Gasteiger partial charge in [0.2, 0.25) is 0 Å². The van der Waals surface area contributed by atoms with Crippen molar-refractivity contribution in [2.45, 2.75) is 33.0 Å². The molecule has 0 aromatic carbocycles. The molecule has 100 valence electrons. The van der Waals surface area contributed by atoms with E-state index in [9.17, 15) is 4.79 Å². The van der Waals surface area contributed by atoms with Gasteiger partial charge in [-0.05, 0) is 20.8 Å². The Bertz CT molecular complexity index is 407. The summed E-state index contributed by atoms with van der Waals surface area (Å²) >= 11 is 0. The van der Waals surface area contributed by atoms with Gasteiger partial charge in [-0.2, -0.15) is 9.97 Å². The predicted octanol–water partition coefficient (Wildman–Crippen LogP) is 1.32. The minimum Gasteiger partial charge on any atom is -0.467 e. The van der Waals surface area contributed by atoms with Gasteiger partial charge >= 0.3 is 12.1 Å². The Labute approximate surface area is 105 Å². The summed E-state index contributed by atoms with van der Waals surface area (Å²) < 4.78 is 9.93. The van der Waals surface area contributed by atoms with Gasteiger partial charge in [0, 0.05) is 6.07 Å². The molecule has 1 aromatic rings. The summed E-state index contributed by atoms with van der Waals surface area (Å²) in [6.07, 6.45) is -0.632. The largest absolute Gasteiger partial charge is 0.467 e. The molecule has 0 saturated carbocycles. The minimum absolute atomic E-state index is 0.0626. The fourth-order valence-corrected chi connectivity index (χ4v) is 1.12. The number of nitrogens with one attached hydrogen (secondary N) is 1. The van der Waals surface area contributed by atoms with Crippen LogP contribution in [-0.2, 0) is 11.3 Å². The molecule has 1 rings (SSSR count). The summed E-state index contributed by atoms with van der Waals surface area (Å²) in [4.78, 5) is 19.3. The predicted molar refractivity (Wildman–Crippen MR) is 64.4 cm³/mol. The summed E-state index contributed by atoms with van der Waals surface area (Å²) in [6.45, 7) is 4.99. The van der Waals surface area contributed by atoms with Gasteiger partial charge in [0.25, 0.3) is 0 Å². The molecule has 7 heteroatoms. The van der Waals surface area contributed by atoms with Crippen molar-refractivity contribution in [1.82, 2.24) is 9.97 Å². The topological polar surface area (TPSA) is 93.6 Å². The van der Waals surface area contributed by atoms with Crippen molar-refractivity contribution >= 4 is 11.9 Å². The van der Waals surface area contributed by atoms with E-state index in [-0.39, 0.29) is 18.4 Å².